The number of likely N-dealkylation sites (tertiary alicyclic amines) is 1. The van der Waals surface area contributed by atoms with E-state index in [-0.39, 0.29) is 49.5 Å². The molecule has 0 bridgehead atoms. The molecule has 2 fully saturated rings. The monoisotopic (exact) mass is 619 g/mol. The van der Waals surface area contributed by atoms with E-state index in [0.29, 0.717) is 32.5 Å². The Morgan fingerprint density at radius 1 is 1.09 bits per heavy atom. The molecule has 2 amide bonds. The summed E-state index contributed by atoms with van der Waals surface area (Å²) in [5.74, 6) is -0.792. The largest absolute Gasteiger partial charge is 0.457 e. The summed E-state index contributed by atoms with van der Waals surface area (Å²) in [6, 6.07) is -0.174. The molecule has 0 aromatic rings. The molecule has 3 heterocycles. The van der Waals surface area contributed by atoms with Crippen LogP contribution in [0.3, 0.4) is 0 Å². The number of hydrogen-bond acceptors (Lipinski definition) is 9. The maximum absolute atomic E-state index is 13.0. The molecule has 3 rings (SSSR count). The van der Waals surface area contributed by atoms with Crippen LogP contribution in [0.2, 0.25) is 0 Å². The summed E-state index contributed by atoms with van der Waals surface area (Å²) in [5, 5.41) is 20.0. The summed E-state index contributed by atoms with van der Waals surface area (Å²) in [5.41, 5.74) is 0.810. The molecule has 0 aromatic carbocycles. The van der Waals surface area contributed by atoms with Crippen molar-refractivity contribution in [3.05, 3.63) is 36.0 Å². The van der Waals surface area contributed by atoms with E-state index in [0.717, 1.165) is 31.5 Å². The number of ether oxygens (including phenoxy) is 3. The Kier molecular flexibility index (Phi) is 14.2. The van der Waals surface area contributed by atoms with Gasteiger partial charge < -0.3 is 39.1 Å². The number of rotatable bonds is 7. The van der Waals surface area contributed by atoms with Gasteiger partial charge in [-0.3, -0.25) is 4.79 Å². The lowest BCUT2D eigenvalue weighted by atomic mass is 9.92. The van der Waals surface area contributed by atoms with Crippen LogP contribution in [0.1, 0.15) is 59.8 Å². The second-order valence-corrected chi connectivity index (χ2v) is 12.7. The molecule has 248 valence electrons. The Balaban J connectivity index is 1.66. The van der Waals surface area contributed by atoms with Crippen molar-refractivity contribution in [3.8, 4) is 0 Å². The molecule has 0 aromatic heterocycles. The first-order valence-electron chi connectivity index (χ1n) is 16.1. The van der Waals surface area contributed by atoms with E-state index in [1.54, 1.807) is 9.80 Å². The molecule has 0 radical (unpaired) electrons. The van der Waals surface area contributed by atoms with Gasteiger partial charge in [0, 0.05) is 44.6 Å². The number of allylic oxidation sites excluding steroid dienone is 2. The van der Waals surface area contributed by atoms with Gasteiger partial charge in [0.15, 0.2) is 0 Å². The van der Waals surface area contributed by atoms with Crippen molar-refractivity contribution in [1.82, 2.24) is 14.7 Å². The third-order valence-corrected chi connectivity index (χ3v) is 8.80. The van der Waals surface area contributed by atoms with Crippen molar-refractivity contribution in [1.29, 1.82) is 0 Å². The number of carbonyl (C=O) groups excluding carboxylic acids is 3. The lowest BCUT2D eigenvalue weighted by molar-refractivity contribution is -0.151. The van der Waals surface area contributed by atoms with Gasteiger partial charge in [-0.2, -0.15) is 0 Å². The minimum absolute atomic E-state index is 0.0476. The summed E-state index contributed by atoms with van der Waals surface area (Å²) in [4.78, 5) is 43.6. The number of aliphatic hydroxyl groups is 2. The highest BCUT2D eigenvalue weighted by atomic mass is 16.6. The fourth-order valence-electron chi connectivity index (χ4n) is 5.73. The van der Waals surface area contributed by atoms with Crippen LogP contribution in [0.25, 0.3) is 0 Å². The van der Waals surface area contributed by atoms with Gasteiger partial charge in [-0.1, -0.05) is 45.1 Å². The van der Waals surface area contributed by atoms with E-state index in [2.05, 4.69) is 4.90 Å². The summed E-state index contributed by atoms with van der Waals surface area (Å²) in [6.45, 7) is 11.3. The average Bonchev–Trinajstić information content (AvgIpc) is 3.48. The van der Waals surface area contributed by atoms with E-state index in [9.17, 15) is 24.6 Å². The van der Waals surface area contributed by atoms with Gasteiger partial charge in [0.2, 0.25) is 0 Å². The van der Waals surface area contributed by atoms with Crippen molar-refractivity contribution in [2.75, 3.05) is 53.0 Å². The molecule has 11 nitrogen and oxygen atoms in total. The van der Waals surface area contributed by atoms with Gasteiger partial charge >= 0.3 is 18.2 Å². The Morgan fingerprint density at radius 2 is 1.82 bits per heavy atom. The minimum Gasteiger partial charge on any atom is -0.457 e. The first-order valence-corrected chi connectivity index (χ1v) is 16.1. The highest BCUT2D eigenvalue weighted by Crippen LogP contribution is 2.25. The van der Waals surface area contributed by atoms with E-state index < -0.39 is 30.4 Å². The minimum atomic E-state index is -0.848. The molecule has 11 heteroatoms. The maximum atomic E-state index is 13.0. The van der Waals surface area contributed by atoms with Gasteiger partial charge in [-0.15, -0.1) is 0 Å². The van der Waals surface area contributed by atoms with Gasteiger partial charge in [-0.25, -0.2) is 9.59 Å². The second kappa shape index (κ2) is 17.6. The summed E-state index contributed by atoms with van der Waals surface area (Å²) in [6.07, 6.45) is 9.35. The van der Waals surface area contributed by atoms with Gasteiger partial charge in [-0.05, 0) is 57.2 Å². The Labute approximate surface area is 262 Å². The van der Waals surface area contributed by atoms with E-state index in [4.69, 9.17) is 14.2 Å². The first-order chi connectivity index (χ1) is 21.0. The lowest BCUT2D eigenvalue weighted by Gasteiger charge is -2.33. The van der Waals surface area contributed by atoms with Crippen LogP contribution in [0.4, 0.5) is 9.59 Å². The van der Waals surface area contributed by atoms with Crippen LogP contribution in [-0.4, -0.2) is 120 Å². The van der Waals surface area contributed by atoms with Crippen LogP contribution in [0.5, 0.6) is 0 Å². The van der Waals surface area contributed by atoms with E-state index in [1.165, 1.54) is 0 Å². The number of aliphatic hydroxyl groups excluding tert-OH is 2. The number of likely N-dealkylation sites (N-methyl/N-ethyl adjacent to an activating group) is 1. The number of piperazine rings is 1. The predicted octanol–water partition coefficient (Wildman–Crippen LogP) is 3.76. The third kappa shape index (κ3) is 10.9. The van der Waals surface area contributed by atoms with E-state index in [1.807, 2.05) is 65.1 Å². The first kappa shape index (κ1) is 35.6. The van der Waals surface area contributed by atoms with Gasteiger partial charge in [0.1, 0.15) is 12.2 Å². The standard InChI is InChI=1S/C33H53N3O8/c1-23(22-42-33(41)36-15-7-10-27(36)21-37)8-6-9-25(3)31-26(4)12-14-29(24(2)11-13-28(38)20-30(39)44-31)43-32(40)35-18-16-34(5)17-19-35/h6,8-9,12,14,23-24,26-29,31,37-38H,7,10-11,13,15-22H2,1-5H3/b8-6+,14-12+,25-9+/t23-,24+,26+,27+,28-,29+,31-/m1/s1. The molecule has 0 aliphatic carbocycles. The smallest absolute Gasteiger partial charge is 0.410 e. The molecular weight excluding hydrogens is 566 g/mol. The number of hydrogen-bond donors (Lipinski definition) is 2. The van der Waals surface area contributed by atoms with Crippen molar-refractivity contribution >= 4 is 18.2 Å². The Bertz CT molecular complexity index is 1040. The molecule has 0 spiro atoms. The average molecular weight is 620 g/mol. The molecule has 7 atom stereocenters. The predicted molar refractivity (Wildman–Crippen MR) is 167 cm³/mol. The van der Waals surface area contributed by atoms with Crippen molar-refractivity contribution in [2.24, 2.45) is 17.8 Å². The zero-order chi connectivity index (χ0) is 32.2. The van der Waals surface area contributed by atoms with Crippen molar-refractivity contribution in [2.45, 2.75) is 84.2 Å². The van der Waals surface area contributed by atoms with Crippen LogP contribution >= 0.6 is 0 Å². The zero-order valence-electron chi connectivity index (χ0n) is 27.1. The fourth-order valence-corrected chi connectivity index (χ4v) is 5.73. The Morgan fingerprint density at radius 3 is 2.52 bits per heavy atom. The molecule has 0 saturated carbocycles. The quantitative estimate of drug-likeness (QED) is 0.189. The highest BCUT2D eigenvalue weighted by molar-refractivity contribution is 5.70. The lowest BCUT2D eigenvalue weighted by Crippen LogP contribution is -2.48. The van der Waals surface area contributed by atoms with Crippen LogP contribution in [-0.2, 0) is 19.0 Å². The highest BCUT2D eigenvalue weighted by Gasteiger charge is 2.30. The number of amides is 2. The third-order valence-electron chi connectivity index (χ3n) is 8.80. The molecule has 44 heavy (non-hydrogen) atoms. The molecule has 3 aliphatic rings. The molecule has 2 saturated heterocycles. The summed E-state index contributed by atoms with van der Waals surface area (Å²) >= 11 is 0. The number of carbonyl (C=O) groups is 3. The van der Waals surface area contributed by atoms with E-state index >= 15 is 0 Å². The van der Waals surface area contributed by atoms with Gasteiger partial charge in [0.25, 0.3) is 0 Å². The second-order valence-electron chi connectivity index (χ2n) is 12.7. The van der Waals surface area contributed by atoms with Crippen molar-refractivity contribution in [3.63, 3.8) is 0 Å². The van der Waals surface area contributed by atoms with Crippen LogP contribution < -0.4 is 0 Å². The van der Waals surface area contributed by atoms with Crippen molar-refractivity contribution < 1.29 is 38.8 Å². The fraction of sp³-hybridized carbons (Fsp3) is 0.727. The van der Waals surface area contributed by atoms with Crippen LogP contribution in [0.15, 0.2) is 36.0 Å². The Hall–Kier alpha value is -2.89. The SMILES string of the molecule is C/C(=C\C=C\[C@@H](C)COC(=O)N1CCC[C@H]1CO)[C@H]1OC(=O)C[C@H](O)CC[C@H](C)[C@@H](OC(=O)N2CCN(C)CC2)/C=C/[C@@H]1C. The molecule has 3 aliphatic heterocycles. The summed E-state index contributed by atoms with van der Waals surface area (Å²) in [7, 11) is 2.03. The number of cyclic esters (lactones) is 1. The topological polar surface area (TPSA) is 129 Å². The molecule has 0 unspecified atom stereocenters. The normalized spacial score (nSPS) is 31.2. The summed E-state index contributed by atoms with van der Waals surface area (Å²) < 4.78 is 17.3. The maximum Gasteiger partial charge on any atom is 0.410 e. The number of esters is 1. The zero-order valence-corrected chi connectivity index (χ0v) is 27.1. The van der Waals surface area contributed by atoms with Crippen LogP contribution in [0, 0.1) is 17.8 Å². The van der Waals surface area contributed by atoms with Gasteiger partial charge in [0.05, 0.1) is 31.8 Å². The number of nitrogens with zero attached hydrogens (tertiary/aromatic N) is 3. The molecular formula is C33H53N3O8. The molecule has 2 N–H and O–H groups in total.